The summed E-state index contributed by atoms with van der Waals surface area (Å²) >= 11 is 0. The summed E-state index contributed by atoms with van der Waals surface area (Å²) in [4.78, 5) is 24.2. The predicted octanol–water partition coefficient (Wildman–Crippen LogP) is -5.70. The summed E-state index contributed by atoms with van der Waals surface area (Å²) in [5.41, 5.74) is 0.802. The van der Waals surface area contributed by atoms with Crippen molar-refractivity contribution in [1.82, 2.24) is 40.6 Å². The van der Waals surface area contributed by atoms with Crippen LogP contribution in [-0.2, 0) is 39.9 Å². The molecule has 0 aliphatic heterocycles. The lowest BCUT2D eigenvalue weighted by Gasteiger charge is -2.27. The van der Waals surface area contributed by atoms with Crippen molar-refractivity contribution in [3.63, 3.8) is 0 Å². The fourth-order valence-electron chi connectivity index (χ4n) is 4.71. The molecule has 2 aromatic rings. The molecule has 0 saturated heterocycles. The van der Waals surface area contributed by atoms with Crippen LogP contribution in [0, 0.1) is 0 Å². The molecule has 0 aliphatic carbocycles. The topological polar surface area (TPSA) is 331 Å². The average Bonchev–Trinajstić information content (AvgIpc) is 3.75. The Bertz CT molecular complexity index is 1310. The Balaban J connectivity index is 1.68. The number of carbonyl (C=O) groups excluding carboxylic acids is 2. The largest absolute Gasteiger partial charge is 0.456 e. The highest BCUT2D eigenvalue weighted by Gasteiger charge is 2.35. The zero-order chi connectivity index (χ0) is 37.6. The minimum absolute atomic E-state index is 0.0977. The number of rotatable bonds is 24. The normalized spacial score (nSPS) is 17.1. The standard InChI is InChI=1S/C27H51N8O13Si2/c1-49(8-4-6-34-12-16(30-32-34)10-28-26(46)24(44)22(42)20(40)18(38)14-36)48-50(2,3)9-5-7-35-13-17(31-33-35)11-29-27(47)25(45)23(43)21(41)19(39)15-37/h12-13,18-25,36-45H,4-11,14-15H2,1-3H3,(H,28,46)(H,29,47). The van der Waals surface area contributed by atoms with Gasteiger partial charge in [-0.2, -0.15) is 0 Å². The van der Waals surface area contributed by atoms with Crippen molar-refractivity contribution in [2.75, 3.05) is 13.2 Å². The van der Waals surface area contributed by atoms with E-state index in [4.69, 9.17) is 14.3 Å². The molecule has 21 nitrogen and oxygen atoms in total. The lowest BCUT2D eigenvalue weighted by atomic mass is 10.0. The van der Waals surface area contributed by atoms with Crippen LogP contribution in [0.3, 0.4) is 0 Å². The van der Waals surface area contributed by atoms with E-state index < -0.39 is 91.2 Å². The summed E-state index contributed by atoms with van der Waals surface area (Å²) in [5.74, 6) is -2.00. The van der Waals surface area contributed by atoms with E-state index in [0.29, 0.717) is 24.5 Å². The van der Waals surface area contributed by atoms with E-state index in [0.717, 1.165) is 24.9 Å². The molecule has 0 spiro atoms. The van der Waals surface area contributed by atoms with Crippen molar-refractivity contribution in [2.45, 2.75) is 120 Å². The second-order valence-electron chi connectivity index (χ2n) is 12.5. The molecule has 50 heavy (non-hydrogen) atoms. The molecule has 8 unspecified atom stereocenters. The van der Waals surface area contributed by atoms with Crippen molar-refractivity contribution in [3.8, 4) is 0 Å². The highest BCUT2D eigenvalue weighted by molar-refractivity contribution is 6.78. The zero-order valence-electron chi connectivity index (χ0n) is 28.2. The SMILES string of the molecule is C[Si](CCCn1cc(CNC(=O)C(O)C(O)C(O)C(O)CO)nn1)O[Si](C)(C)CCCn1cc(CNC(=O)C(O)C(O)C(O)C(O)CO)nn1. The van der Waals surface area contributed by atoms with E-state index in [1.165, 1.54) is 0 Å². The molecule has 2 amide bonds. The quantitative estimate of drug-likeness (QED) is 0.0445. The van der Waals surface area contributed by atoms with E-state index in [2.05, 4.69) is 50.9 Å². The van der Waals surface area contributed by atoms with Crippen molar-refractivity contribution in [1.29, 1.82) is 0 Å². The lowest BCUT2D eigenvalue weighted by Crippen LogP contribution is -2.51. The molecule has 2 aromatic heterocycles. The maximum Gasteiger partial charge on any atom is 0.251 e. The molecule has 0 bridgehead atoms. The Morgan fingerprint density at radius 1 is 0.760 bits per heavy atom. The minimum atomic E-state index is -2.04. The van der Waals surface area contributed by atoms with Crippen LogP contribution in [0.5, 0.6) is 0 Å². The van der Waals surface area contributed by atoms with Crippen LogP contribution in [0.25, 0.3) is 0 Å². The fraction of sp³-hybridized carbons (Fsp3) is 0.778. The number of aryl methyl sites for hydroxylation is 2. The Morgan fingerprint density at radius 3 is 1.60 bits per heavy atom. The molecule has 2 heterocycles. The number of nitrogens with one attached hydrogen (secondary N) is 2. The van der Waals surface area contributed by atoms with Gasteiger partial charge < -0.3 is 65.8 Å². The van der Waals surface area contributed by atoms with Crippen LogP contribution in [0.15, 0.2) is 12.4 Å². The van der Waals surface area contributed by atoms with Gasteiger partial charge in [0.1, 0.15) is 48.0 Å². The predicted molar refractivity (Wildman–Crippen MR) is 175 cm³/mol. The molecule has 0 fully saturated rings. The van der Waals surface area contributed by atoms with Crippen molar-refractivity contribution in [3.05, 3.63) is 23.8 Å². The fourth-order valence-corrected chi connectivity index (χ4v) is 11.0. The van der Waals surface area contributed by atoms with Gasteiger partial charge in [0.05, 0.1) is 38.7 Å². The summed E-state index contributed by atoms with van der Waals surface area (Å²) in [6.07, 6.45) is -10.6. The Morgan fingerprint density at radius 2 is 1.18 bits per heavy atom. The molecular formula is C27H51N8O13Si2. The van der Waals surface area contributed by atoms with Crippen LogP contribution in [-0.4, -0.2) is 172 Å². The molecule has 23 heteroatoms. The second kappa shape index (κ2) is 20.9. The number of aromatic nitrogens is 6. The van der Waals surface area contributed by atoms with Crippen molar-refractivity contribution >= 4 is 29.2 Å². The molecule has 285 valence electrons. The van der Waals surface area contributed by atoms with E-state index in [9.17, 15) is 50.4 Å². The minimum Gasteiger partial charge on any atom is -0.456 e. The Kier molecular flexibility index (Phi) is 18.1. The summed E-state index contributed by atoms with van der Waals surface area (Å²) in [6, 6.07) is 1.71. The molecule has 12 N–H and O–H groups in total. The van der Waals surface area contributed by atoms with Gasteiger partial charge in [-0.15, -0.1) is 10.2 Å². The lowest BCUT2D eigenvalue weighted by molar-refractivity contribution is -0.149. The van der Waals surface area contributed by atoms with Gasteiger partial charge in [-0.25, -0.2) is 0 Å². The van der Waals surface area contributed by atoms with Crippen molar-refractivity contribution in [2.24, 2.45) is 0 Å². The van der Waals surface area contributed by atoms with Gasteiger partial charge in [0.25, 0.3) is 11.8 Å². The van der Waals surface area contributed by atoms with E-state index in [1.807, 2.05) is 0 Å². The van der Waals surface area contributed by atoms with E-state index in [1.54, 1.807) is 21.8 Å². The van der Waals surface area contributed by atoms with Gasteiger partial charge in [-0.3, -0.25) is 19.0 Å². The smallest absolute Gasteiger partial charge is 0.251 e. The third-order valence-corrected chi connectivity index (χ3v) is 13.9. The van der Waals surface area contributed by atoms with Gasteiger partial charge >= 0.3 is 0 Å². The van der Waals surface area contributed by atoms with Gasteiger partial charge in [0.15, 0.2) is 29.6 Å². The van der Waals surface area contributed by atoms with Gasteiger partial charge in [-0.05, 0) is 44.6 Å². The number of hydrogen-bond acceptors (Lipinski definition) is 17. The first-order valence-electron chi connectivity index (χ1n) is 16.0. The number of nitrogens with zero attached hydrogens (tertiary/aromatic N) is 6. The third-order valence-electron chi connectivity index (χ3n) is 7.64. The van der Waals surface area contributed by atoms with Crippen LogP contribution in [0.1, 0.15) is 24.2 Å². The first kappa shape index (κ1) is 43.4. The molecule has 0 aliphatic rings. The highest BCUT2D eigenvalue weighted by atomic mass is 28.4. The van der Waals surface area contributed by atoms with Crippen LogP contribution in [0.2, 0.25) is 31.7 Å². The number of aliphatic hydroxyl groups excluding tert-OH is 10. The molecule has 2 rings (SSSR count). The molecule has 8 atom stereocenters. The van der Waals surface area contributed by atoms with E-state index >= 15 is 0 Å². The number of hydrogen-bond donors (Lipinski definition) is 12. The first-order chi connectivity index (χ1) is 23.5. The Hall–Kier alpha value is -2.79. The zero-order valence-corrected chi connectivity index (χ0v) is 30.2. The average molecular weight is 752 g/mol. The third kappa shape index (κ3) is 14.1. The number of aliphatic hydroxyl groups is 10. The molecule has 0 aromatic carbocycles. The van der Waals surface area contributed by atoms with Crippen LogP contribution >= 0.6 is 0 Å². The summed E-state index contributed by atoms with van der Waals surface area (Å²) in [5, 5.41) is 116. The van der Waals surface area contributed by atoms with Crippen LogP contribution < -0.4 is 10.6 Å². The monoisotopic (exact) mass is 751 g/mol. The Labute approximate surface area is 291 Å². The number of amides is 2. The molecule has 1 radical (unpaired) electrons. The summed E-state index contributed by atoms with van der Waals surface area (Å²) in [7, 11) is -3.11. The van der Waals surface area contributed by atoms with Crippen LogP contribution in [0.4, 0.5) is 0 Å². The van der Waals surface area contributed by atoms with Crippen molar-refractivity contribution < 1.29 is 64.8 Å². The number of carbonyl (C=O) groups is 2. The summed E-state index contributed by atoms with van der Waals surface area (Å²) in [6.45, 7) is 5.59. The van der Waals surface area contributed by atoms with E-state index in [-0.39, 0.29) is 13.1 Å². The molecular weight excluding hydrogens is 701 g/mol. The molecule has 0 saturated carbocycles. The summed E-state index contributed by atoms with van der Waals surface area (Å²) < 4.78 is 9.72. The van der Waals surface area contributed by atoms with Gasteiger partial charge in [0.2, 0.25) is 0 Å². The van der Waals surface area contributed by atoms with Gasteiger partial charge in [0, 0.05) is 13.1 Å². The highest BCUT2D eigenvalue weighted by Crippen LogP contribution is 2.18. The maximum absolute atomic E-state index is 12.1. The maximum atomic E-state index is 12.1. The first-order valence-corrected chi connectivity index (χ1v) is 21.2. The second-order valence-corrected chi connectivity index (χ2v) is 19.2. The van der Waals surface area contributed by atoms with Gasteiger partial charge in [-0.1, -0.05) is 10.4 Å².